The third-order valence-corrected chi connectivity index (χ3v) is 6.55. The predicted molar refractivity (Wildman–Crippen MR) is 138 cm³/mol. The van der Waals surface area contributed by atoms with Crippen molar-refractivity contribution in [3.63, 3.8) is 0 Å². The van der Waals surface area contributed by atoms with E-state index in [4.69, 9.17) is 18.9 Å². The zero-order chi connectivity index (χ0) is 24.9. The molecule has 1 atom stereocenters. The van der Waals surface area contributed by atoms with E-state index in [9.17, 15) is 4.79 Å². The Morgan fingerprint density at radius 2 is 1.69 bits per heavy atom. The predicted octanol–water partition coefficient (Wildman–Crippen LogP) is 4.19. The number of nitrogens with one attached hydrogen (secondary N) is 1. The van der Waals surface area contributed by atoms with Crippen molar-refractivity contribution in [1.82, 2.24) is 4.90 Å². The molecule has 0 spiro atoms. The van der Waals surface area contributed by atoms with E-state index >= 15 is 0 Å². The van der Waals surface area contributed by atoms with E-state index < -0.39 is 6.17 Å². The zero-order valence-electron chi connectivity index (χ0n) is 20.6. The Morgan fingerprint density at radius 3 is 2.44 bits per heavy atom. The van der Waals surface area contributed by atoms with Gasteiger partial charge in [0.25, 0.3) is 5.91 Å². The van der Waals surface area contributed by atoms with Crippen molar-refractivity contribution in [3.05, 3.63) is 77.9 Å². The van der Waals surface area contributed by atoms with Crippen molar-refractivity contribution in [1.29, 1.82) is 0 Å². The largest absolute Gasteiger partial charge is 0.497 e. The Morgan fingerprint density at radius 1 is 0.944 bits per heavy atom. The average Bonchev–Trinajstić information content (AvgIpc) is 2.94. The highest BCUT2D eigenvalue weighted by Gasteiger charge is 2.35. The van der Waals surface area contributed by atoms with Gasteiger partial charge in [-0.05, 0) is 42.0 Å². The molecule has 2 heterocycles. The molecule has 3 aromatic carbocycles. The first-order chi connectivity index (χ1) is 17.7. The molecular weight excluding hydrogens is 458 g/mol. The maximum atomic E-state index is 13.7. The molecule has 0 radical (unpaired) electrons. The van der Waals surface area contributed by atoms with Gasteiger partial charge in [-0.2, -0.15) is 0 Å². The summed E-state index contributed by atoms with van der Waals surface area (Å²) in [7, 11) is 3.19. The quantitative estimate of drug-likeness (QED) is 0.509. The minimum Gasteiger partial charge on any atom is -0.497 e. The molecule has 5 rings (SSSR count). The standard InChI is InChI=1S/C28H31N3O5/c1-33-22-11-12-25(26(19-22)34-2)31-27(29-24-6-4-3-5-23(24)28(31)32)20-7-9-21(10-8-20)36-18-15-30-13-16-35-17-14-30/h3-12,19,27,29H,13-18H2,1-2H3. The number of fused-ring (bicyclic) bond motifs is 1. The lowest BCUT2D eigenvalue weighted by Crippen LogP contribution is -2.43. The molecule has 3 aromatic rings. The van der Waals surface area contributed by atoms with Crippen LogP contribution in [0.4, 0.5) is 11.4 Å². The highest BCUT2D eigenvalue weighted by Crippen LogP contribution is 2.42. The molecule has 0 aliphatic carbocycles. The number of morpholine rings is 1. The second-order valence-electron chi connectivity index (χ2n) is 8.68. The Hall–Kier alpha value is -3.75. The van der Waals surface area contributed by atoms with E-state index in [1.807, 2.05) is 60.7 Å². The second kappa shape index (κ2) is 10.9. The van der Waals surface area contributed by atoms with E-state index in [0.717, 1.165) is 49.8 Å². The number of hydrogen-bond donors (Lipinski definition) is 1. The van der Waals surface area contributed by atoms with Crippen molar-refractivity contribution >= 4 is 17.3 Å². The number of carbonyl (C=O) groups excluding carboxylic acids is 1. The maximum Gasteiger partial charge on any atom is 0.262 e. The van der Waals surface area contributed by atoms with Gasteiger partial charge in [0.15, 0.2) is 0 Å². The molecule has 1 amide bonds. The Kier molecular flexibility index (Phi) is 7.25. The molecule has 1 unspecified atom stereocenters. The first-order valence-corrected chi connectivity index (χ1v) is 12.1. The van der Waals surface area contributed by atoms with Gasteiger partial charge in [0.05, 0.1) is 38.7 Å². The number of rotatable bonds is 8. The maximum absolute atomic E-state index is 13.7. The number of carbonyl (C=O) groups is 1. The first kappa shape index (κ1) is 24.0. The van der Waals surface area contributed by atoms with Gasteiger partial charge >= 0.3 is 0 Å². The molecule has 36 heavy (non-hydrogen) atoms. The number of amides is 1. The summed E-state index contributed by atoms with van der Waals surface area (Å²) in [6.45, 7) is 4.92. The average molecular weight is 490 g/mol. The van der Waals surface area contributed by atoms with Crippen LogP contribution in [-0.4, -0.2) is 64.5 Å². The molecular formula is C28H31N3O5. The fourth-order valence-corrected chi connectivity index (χ4v) is 4.58. The minimum atomic E-state index is -0.433. The van der Waals surface area contributed by atoms with Crippen LogP contribution in [0.2, 0.25) is 0 Å². The molecule has 1 N–H and O–H groups in total. The SMILES string of the molecule is COc1ccc(N2C(=O)c3ccccc3NC2c2ccc(OCCN3CCOCC3)cc2)c(OC)c1. The molecule has 8 nitrogen and oxygen atoms in total. The van der Waals surface area contributed by atoms with Crippen molar-refractivity contribution in [2.75, 3.05) is 63.9 Å². The number of anilines is 2. The van der Waals surface area contributed by atoms with Crippen LogP contribution >= 0.6 is 0 Å². The van der Waals surface area contributed by atoms with Gasteiger partial charge in [-0.3, -0.25) is 14.6 Å². The van der Waals surface area contributed by atoms with E-state index in [1.165, 1.54) is 0 Å². The summed E-state index contributed by atoms with van der Waals surface area (Å²) in [5.41, 5.74) is 2.98. The molecule has 1 fully saturated rings. The zero-order valence-corrected chi connectivity index (χ0v) is 20.6. The lowest BCUT2D eigenvalue weighted by Gasteiger charge is -2.38. The fourth-order valence-electron chi connectivity index (χ4n) is 4.58. The molecule has 1 saturated heterocycles. The van der Waals surface area contributed by atoms with Crippen molar-refractivity contribution in [2.24, 2.45) is 0 Å². The van der Waals surface area contributed by atoms with Crippen LogP contribution in [0.3, 0.4) is 0 Å². The van der Waals surface area contributed by atoms with Gasteiger partial charge in [0.1, 0.15) is 30.0 Å². The van der Waals surface area contributed by atoms with Gasteiger partial charge in [0, 0.05) is 31.4 Å². The van der Waals surface area contributed by atoms with Crippen LogP contribution in [0.15, 0.2) is 66.7 Å². The number of hydrogen-bond acceptors (Lipinski definition) is 7. The van der Waals surface area contributed by atoms with Gasteiger partial charge in [0.2, 0.25) is 0 Å². The molecule has 8 heteroatoms. The third-order valence-electron chi connectivity index (χ3n) is 6.55. The van der Waals surface area contributed by atoms with Gasteiger partial charge in [-0.25, -0.2) is 0 Å². The van der Waals surface area contributed by atoms with Crippen LogP contribution in [-0.2, 0) is 4.74 Å². The van der Waals surface area contributed by atoms with E-state index in [2.05, 4.69) is 10.2 Å². The number of para-hydroxylation sites is 1. The summed E-state index contributed by atoms with van der Waals surface area (Å²) in [5, 5.41) is 3.54. The molecule has 2 aliphatic rings. The van der Waals surface area contributed by atoms with Crippen LogP contribution in [0.1, 0.15) is 22.1 Å². The monoisotopic (exact) mass is 489 g/mol. The van der Waals surface area contributed by atoms with Gasteiger partial charge < -0.3 is 24.3 Å². The highest BCUT2D eigenvalue weighted by molar-refractivity contribution is 6.12. The number of methoxy groups -OCH3 is 2. The van der Waals surface area contributed by atoms with Gasteiger partial charge in [-0.15, -0.1) is 0 Å². The van der Waals surface area contributed by atoms with Crippen LogP contribution in [0.5, 0.6) is 17.2 Å². The lowest BCUT2D eigenvalue weighted by atomic mass is 10.0. The summed E-state index contributed by atoms with van der Waals surface area (Å²) >= 11 is 0. The molecule has 0 aromatic heterocycles. The topological polar surface area (TPSA) is 72.5 Å². The smallest absolute Gasteiger partial charge is 0.262 e. The van der Waals surface area contributed by atoms with E-state index in [1.54, 1.807) is 25.2 Å². The number of ether oxygens (including phenoxy) is 4. The van der Waals surface area contributed by atoms with Crippen molar-refractivity contribution in [3.8, 4) is 17.2 Å². The Bertz CT molecular complexity index is 1190. The normalized spacial score (nSPS) is 17.8. The highest BCUT2D eigenvalue weighted by atomic mass is 16.5. The lowest BCUT2D eigenvalue weighted by molar-refractivity contribution is 0.0322. The summed E-state index contributed by atoms with van der Waals surface area (Å²) in [5.74, 6) is 1.90. The van der Waals surface area contributed by atoms with E-state index in [0.29, 0.717) is 29.4 Å². The van der Waals surface area contributed by atoms with Crippen molar-refractivity contribution in [2.45, 2.75) is 6.17 Å². The Labute approximate surface area is 211 Å². The molecule has 0 bridgehead atoms. The third kappa shape index (κ3) is 4.96. The summed E-state index contributed by atoms with van der Waals surface area (Å²) in [6, 6.07) is 20.9. The fraction of sp³-hybridized carbons (Fsp3) is 0.321. The Balaban J connectivity index is 1.40. The number of nitrogens with zero attached hydrogens (tertiary/aromatic N) is 2. The molecule has 188 valence electrons. The van der Waals surface area contributed by atoms with E-state index in [-0.39, 0.29) is 5.91 Å². The molecule has 2 aliphatic heterocycles. The van der Waals surface area contributed by atoms with Crippen LogP contribution in [0, 0.1) is 0 Å². The summed E-state index contributed by atoms with van der Waals surface area (Å²) in [4.78, 5) is 17.8. The summed E-state index contributed by atoms with van der Waals surface area (Å²) < 4.78 is 22.4. The number of benzene rings is 3. The van der Waals surface area contributed by atoms with Crippen LogP contribution in [0.25, 0.3) is 0 Å². The molecule has 0 saturated carbocycles. The summed E-state index contributed by atoms with van der Waals surface area (Å²) in [6.07, 6.45) is -0.433. The van der Waals surface area contributed by atoms with Crippen molar-refractivity contribution < 1.29 is 23.7 Å². The first-order valence-electron chi connectivity index (χ1n) is 12.1. The minimum absolute atomic E-state index is 0.108. The van der Waals surface area contributed by atoms with Gasteiger partial charge in [-0.1, -0.05) is 24.3 Å². The van der Waals surface area contributed by atoms with Crippen LogP contribution < -0.4 is 24.4 Å². The second-order valence-corrected chi connectivity index (χ2v) is 8.68.